The molecule has 0 aliphatic carbocycles. The minimum absolute atomic E-state index is 0.223. The fraction of sp³-hybridized carbons (Fsp3) is 1.00. The lowest BCUT2D eigenvalue weighted by Crippen LogP contribution is -2.44. The maximum absolute atomic E-state index is 11.2. The van der Waals surface area contributed by atoms with Gasteiger partial charge in [-0.2, -0.15) is 0 Å². The van der Waals surface area contributed by atoms with Crippen molar-refractivity contribution < 1.29 is 8.42 Å². The van der Waals surface area contributed by atoms with E-state index in [0.29, 0.717) is 24.6 Å². The number of nitrogens with zero attached hydrogens (tertiary/aromatic N) is 1. The fourth-order valence-electron chi connectivity index (χ4n) is 1.56. The van der Waals surface area contributed by atoms with Gasteiger partial charge in [-0.1, -0.05) is 29.8 Å². The molecule has 0 N–H and O–H groups in total. The van der Waals surface area contributed by atoms with Crippen molar-refractivity contribution in [2.24, 2.45) is 5.41 Å². The number of sulfone groups is 1. The molecule has 1 aliphatic heterocycles. The third-order valence-corrected chi connectivity index (χ3v) is 5.58. The summed E-state index contributed by atoms with van der Waals surface area (Å²) in [6.07, 6.45) is 0. The highest BCUT2D eigenvalue weighted by Crippen LogP contribution is 2.20. The second-order valence-corrected chi connectivity index (χ2v) is 7.59. The van der Waals surface area contributed by atoms with Crippen LogP contribution in [0.4, 0.5) is 0 Å². The van der Waals surface area contributed by atoms with E-state index in [9.17, 15) is 8.42 Å². The van der Waals surface area contributed by atoms with Crippen LogP contribution in [0.15, 0.2) is 0 Å². The molecule has 1 rings (SSSR count). The molecule has 1 saturated heterocycles. The summed E-state index contributed by atoms with van der Waals surface area (Å²) in [4.78, 5) is 2.24. The molecule has 1 heterocycles. The van der Waals surface area contributed by atoms with Gasteiger partial charge in [0.2, 0.25) is 0 Å². The van der Waals surface area contributed by atoms with Gasteiger partial charge in [0.15, 0.2) is 9.84 Å². The highest BCUT2D eigenvalue weighted by Gasteiger charge is 2.26. The molecule has 0 amide bonds. The maximum Gasteiger partial charge on any atom is 0.152 e. The lowest BCUT2D eigenvalue weighted by Gasteiger charge is -2.33. The zero-order valence-electron chi connectivity index (χ0n) is 8.79. The number of hydrogen-bond donors (Lipinski definition) is 0. The van der Waals surface area contributed by atoms with Crippen LogP contribution in [0.2, 0.25) is 0 Å². The van der Waals surface area contributed by atoms with Crippen molar-refractivity contribution in [1.82, 2.24) is 4.90 Å². The van der Waals surface area contributed by atoms with Gasteiger partial charge in [-0.15, -0.1) is 0 Å². The van der Waals surface area contributed by atoms with Gasteiger partial charge in [0.25, 0.3) is 0 Å². The molecule has 1 aliphatic rings. The van der Waals surface area contributed by atoms with E-state index < -0.39 is 9.84 Å². The van der Waals surface area contributed by atoms with Crippen molar-refractivity contribution in [3.8, 4) is 0 Å². The second-order valence-electron chi connectivity index (χ2n) is 4.73. The fourth-order valence-corrected chi connectivity index (χ4v) is 3.01. The van der Waals surface area contributed by atoms with Gasteiger partial charge < -0.3 is 4.90 Å². The Morgan fingerprint density at radius 1 is 1.29 bits per heavy atom. The molecule has 0 aromatic heterocycles. The van der Waals surface area contributed by atoms with E-state index in [0.717, 1.165) is 11.9 Å². The summed E-state index contributed by atoms with van der Waals surface area (Å²) in [5.41, 5.74) is 0.223. The topological polar surface area (TPSA) is 37.4 Å². The predicted octanol–water partition coefficient (Wildman–Crippen LogP) is 1.14. The Labute approximate surface area is 94.9 Å². The van der Waals surface area contributed by atoms with Crippen LogP contribution in [0, 0.1) is 5.41 Å². The van der Waals surface area contributed by atoms with E-state index in [2.05, 4.69) is 34.7 Å². The Balaban J connectivity index is 2.44. The van der Waals surface area contributed by atoms with Gasteiger partial charge in [0.1, 0.15) is 0 Å². The van der Waals surface area contributed by atoms with E-state index in [-0.39, 0.29) is 5.41 Å². The van der Waals surface area contributed by atoms with Crippen molar-refractivity contribution in [3.05, 3.63) is 0 Å². The van der Waals surface area contributed by atoms with Gasteiger partial charge in [-0.3, -0.25) is 0 Å². The minimum Gasteiger partial charge on any atom is -0.301 e. The average molecular weight is 284 g/mol. The van der Waals surface area contributed by atoms with E-state index in [1.807, 2.05) is 0 Å². The molecule has 0 aromatic carbocycles. The Kier molecular flexibility index (Phi) is 4.00. The van der Waals surface area contributed by atoms with Gasteiger partial charge in [0.05, 0.1) is 11.5 Å². The molecule has 0 spiro atoms. The average Bonchev–Trinajstić information content (AvgIpc) is 2.09. The molecule has 0 atom stereocenters. The van der Waals surface area contributed by atoms with E-state index in [1.165, 1.54) is 0 Å². The summed E-state index contributed by atoms with van der Waals surface area (Å²) < 4.78 is 22.4. The number of alkyl halides is 1. The molecule has 3 nitrogen and oxygen atoms in total. The Morgan fingerprint density at radius 3 is 2.21 bits per heavy atom. The number of halogens is 1. The molecule has 0 unspecified atom stereocenters. The molecule has 0 aromatic rings. The second kappa shape index (κ2) is 4.49. The van der Waals surface area contributed by atoms with Gasteiger partial charge in [-0.25, -0.2) is 8.42 Å². The molecule has 5 heteroatoms. The Hall–Kier alpha value is 0.390. The van der Waals surface area contributed by atoms with Crippen molar-refractivity contribution in [1.29, 1.82) is 0 Å². The van der Waals surface area contributed by atoms with E-state index in [1.54, 1.807) is 0 Å². The molecular formula is C9H18BrNO2S. The summed E-state index contributed by atoms with van der Waals surface area (Å²) in [6.45, 7) is 6.72. The summed E-state index contributed by atoms with van der Waals surface area (Å²) in [5, 5.41) is 0.948. The minimum atomic E-state index is -2.73. The molecule has 0 radical (unpaired) electrons. The molecule has 0 bridgehead atoms. The van der Waals surface area contributed by atoms with Crippen molar-refractivity contribution in [2.45, 2.75) is 13.8 Å². The smallest absolute Gasteiger partial charge is 0.152 e. The summed E-state index contributed by atoms with van der Waals surface area (Å²) in [7, 11) is -2.73. The Morgan fingerprint density at radius 2 is 1.79 bits per heavy atom. The number of rotatable bonds is 3. The van der Waals surface area contributed by atoms with Crippen LogP contribution >= 0.6 is 15.9 Å². The molecule has 14 heavy (non-hydrogen) atoms. The first-order valence-corrected chi connectivity index (χ1v) is 7.78. The van der Waals surface area contributed by atoms with Gasteiger partial charge >= 0.3 is 0 Å². The SMILES string of the molecule is CC(C)(CBr)CN1CCS(=O)(=O)CC1. The van der Waals surface area contributed by atoms with Crippen molar-refractivity contribution in [3.63, 3.8) is 0 Å². The maximum atomic E-state index is 11.2. The Bertz CT molecular complexity index is 273. The number of hydrogen-bond acceptors (Lipinski definition) is 3. The highest BCUT2D eigenvalue weighted by molar-refractivity contribution is 9.09. The molecule has 84 valence electrons. The monoisotopic (exact) mass is 283 g/mol. The first-order valence-electron chi connectivity index (χ1n) is 4.83. The predicted molar refractivity (Wildman–Crippen MR) is 62.7 cm³/mol. The van der Waals surface area contributed by atoms with Crippen LogP contribution in [-0.2, 0) is 9.84 Å². The lowest BCUT2D eigenvalue weighted by molar-refractivity contribution is 0.208. The van der Waals surface area contributed by atoms with Crippen LogP contribution in [0.1, 0.15) is 13.8 Å². The van der Waals surface area contributed by atoms with Crippen LogP contribution < -0.4 is 0 Å². The largest absolute Gasteiger partial charge is 0.301 e. The highest BCUT2D eigenvalue weighted by atomic mass is 79.9. The normalized spacial score (nSPS) is 23.6. The lowest BCUT2D eigenvalue weighted by atomic mass is 9.96. The summed E-state index contributed by atoms with van der Waals surface area (Å²) >= 11 is 3.48. The van der Waals surface area contributed by atoms with Gasteiger partial charge in [0, 0.05) is 25.0 Å². The first-order chi connectivity index (χ1) is 6.35. The van der Waals surface area contributed by atoms with Gasteiger partial charge in [-0.05, 0) is 5.41 Å². The molecule has 0 saturated carbocycles. The summed E-state index contributed by atoms with van der Waals surface area (Å²) in [5.74, 6) is 0.650. The van der Waals surface area contributed by atoms with Crippen LogP contribution in [0.3, 0.4) is 0 Å². The third-order valence-electron chi connectivity index (χ3n) is 2.45. The first kappa shape index (κ1) is 12.5. The van der Waals surface area contributed by atoms with Crippen LogP contribution in [0.5, 0.6) is 0 Å². The standard InChI is InChI=1S/C9H18BrNO2S/c1-9(2,7-10)8-11-3-5-14(12,13)6-4-11/h3-8H2,1-2H3. The van der Waals surface area contributed by atoms with E-state index >= 15 is 0 Å². The van der Waals surface area contributed by atoms with Crippen molar-refractivity contribution in [2.75, 3.05) is 36.5 Å². The van der Waals surface area contributed by atoms with E-state index in [4.69, 9.17) is 0 Å². The van der Waals surface area contributed by atoms with Crippen LogP contribution in [0.25, 0.3) is 0 Å². The zero-order valence-corrected chi connectivity index (χ0v) is 11.2. The quantitative estimate of drug-likeness (QED) is 0.729. The van der Waals surface area contributed by atoms with Crippen LogP contribution in [-0.4, -0.2) is 49.8 Å². The van der Waals surface area contributed by atoms with Crippen molar-refractivity contribution >= 4 is 25.8 Å². The molecule has 1 fully saturated rings. The summed E-state index contributed by atoms with van der Waals surface area (Å²) in [6, 6.07) is 0. The molecular weight excluding hydrogens is 266 g/mol. The third kappa shape index (κ3) is 3.87. The zero-order chi connectivity index (χ0) is 10.8.